The van der Waals surface area contributed by atoms with Crippen molar-refractivity contribution in [1.82, 2.24) is 4.72 Å². The molecule has 21 heavy (non-hydrogen) atoms. The van der Waals surface area contributed by atoms with Gasteiger partial charge in [-0.2, -0.15) is 0 Å². The molecule has 0 unspecified atom stereocenters. The second-order valence-corrected chi connectivity index (χ2v) is 9.23. The fourth-order valence-corrected chi connectivity index (χ4v) is 4.49. The SMILES string of the molecule is CC(C)(C)CC(C)(C)NS(=O)(=O)Cc1cccc(CN)c1. The van der Waals surface area contributed by atoms with Crippen LogP contribution in [0.1, 0.15) is 52.2 Å². The third-order valence-electron chi connectivity index (χ3n) is 2.99. The van der Waals surface area contributed by atoms with Crippen molar-refractivity contribution in [2.45, 2.75) is 58.9 Å². The first-order valence-corrected chi connectivity index (χ1v) is 8.87. The van der Waals surface area contributed by atoms with E-state index in [1.807, 2.05) is 38.1 Å². The van der Waals surface area contributed by atoms with Crippen LogP contribution in [-0.2, 0) is 22.3 Å². The van der Waals surface area contributed by atoms with Crippen LogP contribution in [0.25, 0.3) is 0 Å². The summed E-state index contributed by atoms with van der Waals surface area (Å²) in [5.41, 5.74) is 6.88. The largest absolute Gasteiger partial charge is 0.326 e. The van der Waals surface area contributed by atoms with Crippen LogP contribution in [-0.4, -0.2) is 14.0 Å². The van der Waals surface area contributed by atoms with E-state index in [1.54, 1.807) is 0 Å². The molecule has 1 rings (SSSR count). The zero-order valence-electron chi connectivity index (χ0n) is 13.7. The van der Waals surface area contributed by atoms with E-state index in [1.165, 1.54) is 0 Å². The fourth-order valence-electron chi connectivity index (χ4n) is 2.88. The van der Waals surface area contributed by atoms with Crippen LogP contribution in [0.15, 0.2) is 24.3 Å². The summed E-state index contributed by atoms with van der Waals surface area (Å²) in [7, 11) is -3.38. The summed E-state index contributed by atoms with van der Waals surface area (Å²) in [6.07, 6.45) is 0.766. The highest BCUT2D eigenvalue weighted by molar-refractivity contribution is 7.88. The summed E-state index contributed by atoms with van der Waals surface area (Å²) in [6, 6.07) is 7.39. The topological polar surface area (TPSA) is 72.2 Å². The summed E-state index contributed by atoms with van der Waals surface area (Å²) in [6.45, 7) is 10.6. The van der Waals surface area contributed by atoms with Gasteiger partial charge < -0.3 is 5.73 Å². The van der Waals surface area contributed by atoms with Gasteiger partial charge in [-0.05, 0) is 36.8 Å². The van der Waals surface area contributed by atoms with Crippen molar-refractivity contribution < 1.29 is 8.42 Å². The smallest absolute Gasteiger partial charge is 0.216 e. The van der Waals surface area contributed by atoms with E-state index < -0.39 is 15.6 Å². The molecule has 1 aromatic carbocycles. The van der Waals surface area contributed by atoms with Crippen LogP contribution in [0.3, 0.4) is 0 Å². The summed E-state index contributed by atoms with van der Waals surface area (Å²) >= 11 is 0. The highest BCUT2D eigenvalue weighted by Gasteiger charge is 2.29. The lowest BCUT2D eigenvalue weighted by atomic mass is 9.82. The second kappa shape index (κ2) is 6.46. The van der Waals surface area contributed by atoms with Crippen molar-refractivity contribution in [3.05, 3.63) is 35.4 Å². The Morgan fingerprint density at radius 1 is 1.10 bits per heavy atom. The van der Waals surface area contributed by atoms with Crippen molar-refractivity contribution in [3.63, 3.8) is 0 Å². The van der Waals surface area contributed by atoms with Crippen molar-refractivity contribution in [1.29, 1.82) is 0 Å². The van der Waals surface area contributed by atoms with E-state index >= 15 is 0 Å². The van der Waals surface area contributed by atoms with Gasteiger partial charge in [0.1, 0.15) is 0 Å². The summed E-state index contributed by atoms with van der Waals surface area (Å²) in [5.74, 6) is -0.0194. The first kappa shape index (κ1) is 18.1. The predicted molar refractivity (Wildman–Crippen MR) is 88.2 cm³/mol. The molecular weight excluding hydrogens is 284 g/mol. The lowest BCUT2D eigenvalue weighted by Crippen LogP contribution is -2.46. The molecule has 0 bridgehead atoms. The molecule has 0 amide bonds. The zero-order chi connectivity index (χ0) is 16.3. The van der Waals surface area contributed by atoms with E-state index in [-0.39, 0.29) is 11.2 Å². The van der Waals surface area contributed by atoms with Gasteiger partial charge in [-0.1, -0.05) is 45.0 Å². The second-order valence-electron chi connectivity index (χ2n) is 7.51. The molecule has 0 saturated heterocycles. The quantitative estimate of drug-likeness (QED) is 0.848. The Morgan fingerprint density at radius 3 is 2.19 bits per heavy atom. The molecule has 0 saturated carbocycles. The highest BCUT2D eigenvalue weighted by Crippen LogP contribution is 2.27. The fraction of sp³-hybridized carbons (Fsp3) is 0.625. The molecule has 0 aliphatic heterocycles. The van der Waals surface area contributed by atoms with Crippen molar-refractivity contribution >= 4 is 10.0 Å². The Balaban J connectivity index is 2.82. The van der Waals surface area contributed by atoms with E-state index in [0.717, 1.165) is 17.5 Å². The molecular formula is C16H28N2O2S. The molecule has 0 aliphatic rings. The molecule has 0 aromatic heterocycles. The number of hydrogen-bond acceptors (Lipinski definition) is 3. The average Bonchev–Trinajstić information content (AvgIpc) is 2.23. The Bertz CT molecular complexity index is 572. The van der Waals surface area contributed by atoms with Gasteiger partial charge >= 0.3 is 0 Å². The van der Waals surface area contributed by atoms with Crippen LogP contribution in [0.4, 0.5) is 0 Å². The third kappa shape index (κ3) is 7.07. The molecule has 0 fully saturated rings. The van der Waals surface area contributed by atoms with Gasteiger partial charge in [-0.15, -0.1) is 0 Å². The van der Waals surface area contributed by atoms with Crippen LogP contribution in [0.5, 0.6) is 0 Å². The normalized spacial score (nSPS) is 13.4. The van der Waals surface area contributed by atoms with Crippen LogP contribution < -0.4 is 10.5 Å². The molecule has 1 aromatic rings. The monoisotopic (exact) mass is 312 g/mol. The van der Waals surface area contributed by atoms with Crippen molar-refractivity contribution in [2.75, 3.05) is 0 Å². The highest BCUT2D eigenvalue weighted by atomic mass is 32.2. The predicted octanol–water partition coefficient (Wildman–Crippen LogP) is 2.78. The minimum Gasteiger partial charge on any atom is -0.326 e. The Labute approximate surface area is 129 Å². The minimum atomic E-state index is -3.38. The van der Waals surface area contributed by atoms with Gasteiger partial charge in [0.05, 0.1) is 5.75 Å². The number of rotatable bonds is 6. The molecule has 120 valence electrons. The van der Waals surface area contributed by atoms with Crippen LogP contribution in [0.2, 0.25) is 0 Å². The molecule has 4 nitrogen and oxygen atoms in total. The van der Waals surface area contributed by atoms with Gasteiger partial charge in [0.15, 0.2) is 0 Å². The average molecular weight is 312 g/mol. The first-order chi connectivity index (χ1) is 9.42. The zero-order valence-corrected chi connectivity index (χ0v) is 14.5. The lowest BCUT2D eigenvalue weighted by Gasteiger charge is -2.33. The summed E-state index contributed by atoms with van der Waals surface area (Å²) in [4.78, 5) is 0. The maximum Gasteiger partial charge on any atom is 0.216 e. The standard InChI is InChI=1S/C16H28N2O2S/c1-15(2,3)12-16(4,5)18-21(19,20)11-14-8-6-7-13(9-14)10-17/h6-9,18H,10-12,17H2,1-5H3. The van der Waals surface area contributed by atoms with Crippen LogP contribution >= 0.6 is 0 Å². The number of nitrogens with one attached hydrogen (secondary N) is 1. The van der Waals surface area contributed by atoms with Gasteiger partial charge in [0.25, 0.3) is 0 Å². The third-order valence-corrected chi connectivity index (χ3v) is 4.56. The van der Waals surface area contributed by atoms with E-state index in [0.29, 0.717) is 6.54 Å². The van der Waals surface area contributed by atoms with E-state index in [2.05, 4.69) is 25.5 Å². The van der Waals surface area contributed by atoms with Crippen molar-refractivity contribution in [2.24, 2.45) is 11.1 Å². The molecule has 0 spiro atoms. The summed E-state index contributed by atoms with van der Waals surface area (Å²) < 4.78 is 27.5. The number of benzene rings is 1. The first-order valence-electron chi connectivity index (χ1n) is 7.22. The maximum absolute atomic E-state index is 12.4. The van der Waals surface area contributed by atoms with Gasteiger partial charge in [-0.3, -0.25) is 0 Å². The minimum absolute atomic E-state index is 0.0194. The molecule has 3 N–H and O–H groups in total. The molecule has 0 radical (unpaired) electrons. The van der Waals surface area contributed by atoms with E-state index in [4.69, 9.17) is 5.73 Å². The summed E-state index contributed by atoms with van der Waals surface area (Å²) in [5, 5.41) is 0. The Hall–Kier alpha value is -0.910. The molecule has 0 atom stereocenters. The molecule has 0 heterocycles. The van der Waals surface area contributed by atoms with Gasteiger partial charge in [0.2, 0.25) is 10.0 Å². The van der Waals surface area contributed by atoms with Crippen molar-refractivity contribution in [3.8, 4) is 0 Å². The number of hydrogen-bond donors (Lipinski definition) is 2. The Morgan fingerprint density at radius 2 is 1.67 bits per heavy atom. The molecule has 0 aliphatic carbocycles. The lowest BCUT2D eigenvalue weighted by molar-refractivity contribution is 0.269. The van der Waals surface area contributed by atoms with Crippen LogP contribution in [0, 0.1) is 5.41 Å². The van der Waals surface area contributed by atoms with Gasteiger partial charge in [-0.25, -0.2) is 13.1 Å². The molecule has 5 heteroatoms. The maximum atomic E-state index is 12.4. The number of sulfonamides is 1. The number of nitrogens with two attached hydrogens (primary N) is 1. The Kier molecular flexibility index (Phi) is 5.58. The van der Waals surface area contributed by atoms with E-state index in [9.17, 15) is 8.42 Å². The van der Waals surface area contributed by atoms with Gasteiger partial charge in [0, 0.05) is 12.1 Å².